The van der Waals surface area contributed by atoms with Crippen LogP contribution in [-0.2, 0) is 0 Å². The maximum Gasteiger partial charge on any atom is 0.207 e. The quantitative estimate of drug-likeness (QED) is 0.863. The van der Waals surface area contributed by atoms with Gasteiger partial charge in [0.1, 0.15) is 0 Å². The zero-order valence-electron chi connectivity index (χ0n) is 10.8. The SMILES string of the molecule is Cc1cccc(N2CCN(c3n[nH]c(=S)s3)CC2)c1. The van der Waals surface area contributed by atoms with Gasteiger partial charge in [0, 0.05) is 31.9 Å². The molecule has 4 nitrogen and oxygen atoms in total. The topological polar surface area (TPSA) is 35.2 Å². The Bertz CT molecular complexity index is 611. The Morgan fingerprint density at radius 2 is 1.95 bits per heavy atom. The van der Waals surface area contributed by atoms with Gasteiger partial charge in [-0.25, -0.2) is 0 Å². The Morgan fingerprint density at radius 1 is 1.21 bits per heavy atom. The molecule has 6 heteroatoms. The molecule has 0 bridgehead atoms. The number of benzene rings is 1. The Kier molecular flexibility index (Phi) is 3.52. The number of aryl methyl sites for hydroxylation is 1. The molecule has 1 N–H and O–H groups in total. The van der Waals surface area contributed by atoms with E-state index in [1.165, 1.54) is 11.3 Å². The molecule has 100 valence electrons. The smallest absolute Gasteiger partial charge is 0.207 e. The molecule has 2 heterocycles. The maximum absolute atomic E-state index is 5.08. The van der Waals surface area contributed by atoms with Gasteiger partial charge in [-0.3, -0.25) is 5.10 Å². The van der Waals surface area contributed by atoms with Gasteiger partial charge < -0.3 is 9.80 Å². The zero-order valence-corrected chi connectivity index (χ0v) is 12.4. The Labute approximate surface area is 121 Å². The van der Waals surface area contributed by atoms with E-state index in [1.54, 1.807) is 11.3 Å². The summed E-state index contributed by atoms with van der Waals surface area (Å²) in [6, 6.07) is 8.68. The van der Waals surface area contributed by atoms with Gasteiger partial charge in [0.25, 0.3) is 0 Å². The molecule has 0 radical (unpaired) electrons. The second-order valence-corrected chi connectivity index (χ2v) is 6.35. The van der Waals surface area contributed by atoms with Crippen molar-refractivity contribution in [1.29, 1.82) is 0 Å². The Morgan fingerprint density at radius 3 is 2.58 bits per heavy atom. The molecule has 0 unspecified atom stereocenters. The lowest BCUT2D eigenvalue weighted by molar-refractivity contribution is 0.649. The van der Waals surface area contributed by atoms with E-state index >= 15 is 0 Å². The van der Waals surface area contributed by atoms with Gasteiger partial charge in [-0.15, -0.1) is 5.10 Å². The van der Waals surface area contributed by atoms with E-state index in [0.717, 1.165) is 35.3 Å². The molecule has 1 aliphatic rings. The molecule has 1 aromatic heterocycles. The first-order valence-corrected chi connectivity index (χ1v) is 7.57. The molecule has 1 aliphatic heterocycles. The van der Waals surface area contributed by atoms with E-state index in [2.05, 4.69) is 51.2 Å². The summed E-state index contributed by atoms with van der Waals surface area (Å²) >= 11 is 6.63. The van der Waals surface area contributed by atoms with Gasteiger partial charge in [0.15, 0.2) is 3.95 Å². The summed E-state index contributed by atoms with van der Waals surface area (Å²) in [6.45, 7) is 6.16. The van der Waals surface area contributed by atoms with Crippen molar-refractivity contribution in [2.24, 2.45) is 0 Å². The van der Waals surface area contributed by atoms with Crippen LogP contribution in [0.5, 0.6) is 0 Å². The van der Waals surface area contributed by atoms with Crippen LogP contribution in [0.1, 0.15) is 5.56 Å². The van der Waals surface area contributed by atoms with Crippen LogP contribution in [0.3, 0.4) is 0 Å². The van der Waals surface area contributed by atoms with Crippen molar-refractivity contribution in [3.63, 3.8) is 0 Å². The normalized spacial score (nSPS) is 15.8. The molecule has 0 aliphatic carbocycles. The maximum atomic E-state index is 5.08. The lowest BCUT2D eigenvalue weighted by atomic mass is 10.2. The number of anilines is 2. The third kappa shape index (κ3) is 2.79. The third-order valence-electron chi connectivity index (χ3n) is 3.34. The molecule has 1 saturated heterocycles. The Hall–Kier alpha value is -1.40. The highest BCUT2D eigenvalue weighted by Gasteiger charge is 2.19. The summed E-state index contributed by atoms with van der Waals surface area (Å²) in [6.07, 6.45) is 0. The molecule has 1 fully saturated rings. The van der Waals surface area contributed by atoms with E-state index in [9.17, 15) is 0 Å². The zero-order chi connectivity index (χ0) is 13.2. The van der Waals surface area contributed by atoms with Gasteiger partial charge in [-0.2, -0.15) is 0 Å². The van der Waals surface area contributed by atoms with E-state index in [-0.39, 0.29) is 0 Å². The number of hydrogen-bond acceptors (Lipinski definition) is 5. The fourth-order valence-corrected chi connectivity index (χ4v) is 3.27. The summed E-state index contributed by atoms with van der Waals surface area (Å²) in [5, 5.41) is 8.10. The monoisotopic (exact) mass is 292 g/mol. The highest BCUT2D eigenvalue weighted by molar-refractivity contribution is 7.73. The number of aromatic nitrogens is 2. The molecule has 19 heavy (non-hydrogen) atoms. The Balaban J connectivity index is 1.68. The summed E-state index contributed by atoms with van der Waals surface area (Å²) < 4.78 is 0.746. The largest absolute Gasteiger partial charge is 0.368 e. The van der Waals surface area contributed by atoms with Crippen molar-refractivity contribution >= 4 is 34.4 Å². The lowest BCUT2D eigenvalue weighted by Crippen LogP contribution is -2.46. The van der Waals surface area contributed by atoms with Crippen LogP contribution in [0.25, 0.3) is 0 Å². The minimum Gasteiger partial charge on any atom is -0.368 e. The molecule has 0 saturated carbocycles. The van der Waals surface area contributed by atoms with Crippen LogP contribution in [-0.4, -0.2) is 36.4 Å². The van der Waals surface area contributed by atoms with Crippen molar-refractivity contribution in [3.05, 3.63) is 33.8 Å². The second kappa shape index (κ2) is 5.30. The van der Waals surface area contributed by atoms with Gasteiger partial charge in [-0.05, 0) is 36.8 Å². The minimum absolute atomic E-state index is 0.746. The third-order valence-corrected chi connectivity index (χ3v) is 4.49. The second-order valence-electron chi connectivity index (χ2n) is 4.71. The number of nitrogens with one attached hydrogen (secondary N) is 1. The molecule has 1 aromatic carbocycles. The molecule has 0 amide bonds. The van der Waals surface area contributed by atoms with Gasteiger partial charge in [-0.1, -0.05) is 23.5 Å². The van der Waals surface area contributed by atoms with Crippen molar-refractivity contribution in [2.75, 3.05) is 36.0 Å². The highest BCUT2D eigenvalue weighted by Crippen LogP contribution is 2.22. The number of nitrogens with zero attached hydrogens (tertiary/aromatic N) is 3. The number of rotatable bonds is 2. The van der Waals surface area contributed by atoms with Crippen LogP contribution >= 0.6 is 23.6 Å². The highest BCUT2D eigenvalue weighted by atomic mass is 32.1. The standard InChI is InChI=1S/C13H16N4S2/c1-10-3-2-4-11(9-10)16-5-7-17(8-6-16)12-14-15-13(18)19-12/h2-4,9H,5-8H2,1H3,(H,15,18). The number of H-pyrrole nitrogens is 1. The van der Waals surface area contributed by atoms with Gasteiger partial charge in [0.05, 0.1) is 0 Å². The average Bonchev–Trinajstić information content (AvgIpc) is 2.86. The summed E-state index contributed by atoms with van der Waals surface area (Å²) in [5.74, 6) is 0. The predicted octanol–water partition coefficient (Wildman–Crippen LogP) is 2.84. The number of piperazine rings is 1. The van der Waals surface area contributed by atoms with Crippen molar-refractivity contribution in [1.82, 2.24) is 10.2 Å². The molecule has 2 aromatic rings. The molecule has 3 rings (SSSR count). The minimum atomic E-state index is 0.746. The van der Waals surface area contributed by atoms with Crippen LogP contribution < -0.4 is 9.80 Å². The van der Waals surface area contributed by atoms with Crippen LogP contribution in [0.2, 0.25) is 0 Å². The number of hydrogen-bond donors (Lipinski definition) is 1. The summed E-state index contributed by atoms with van der Waals surface area (Å²) in [7, 11) is 0. The van der Waals surface area contributed by atoms with E-state index in [0.29, 0.717) is 0 Å². The first kappa shape index (κ1) is 12.6. The number of aromatic amines is 1. The van der Waals surface area contributed by atoms with Crippen LogP contribution in [0, 0.1) is 10.9 Å². The summed E-state index contributed by atoms with van der Waals surface area (Å²) in [4.78, 5) is 4.72. The van der Waals surface area contributed by atoms with Crippen LogP contribution in [0.15, 0.2) is 24.3 Å². The predicted molar refractivity (Wildman–Crippen MR) is 82.9 cm³/mol. The van der Waals surface area contributed by atoms with Crippen molar-refractivity contribution < 1.29 is 0 Å². The van der Waals surface area contributed by atoms with Crippen molar-refractivity contribution in [2.45, 2.75) is 6.92 Å². The lowest BCUT2D eigenvalue weighted by Gasteiger charge is -2.35. The molecular formula is C13H16N4S2. The first-order valence-electron chi connectivity index (χ1n) is 6.34. The molecule has 0 atom stereocenters. The molecular weight excluding hydrogens is 276 g/mol. The first-order chi connectivity index (χ1) is 9.22. The fraction of sp³-hybridized carbons (Fsp3) is 0.385. The van der Waals surface area contributed by atoms with E-state index < -0.39 is 0 Å². The average molecular weight is 292 g/mol. The molecule has 0 spiro atoms. The van der Waals surface area contributed by atoms with Crippen LogP contribution in [0.4, 0.5) is 10.8 Å². The van der Waals surface area contributed by atoms with Crippen molar-refractivity contribution in [3.8, 4) is 0 Å². The van der Waals surface area contributed by atoms with Gasteiger partial charge >= 0.3 is 0 Å². The summed E-state index contributed by atoms with van der Waals surface area (Å²) in [5.41, 5.74) is 2.62. The van der Waals surface area contributed by atoms with E-state index in [1.807, 2.05) is 0 Å². The fourth-order valence-electron chi connectivity index (χ4n) is 2.34. The van der Waals surface area contributed by atoms with Gasteiger partial charge in [0.2, 0.25) is 5.13 Å². The van der Waals surface area contributed by atoms with E-state index in [4.69, 9.17) is 12.2 Å².